The van der Waals surface area contributed by atoms with Gasteiger partial charge < -0.3 is 28.5 Å². The lowest BCUT2D eigenvalue weighted by Gasteiger charge is -2.25. The second-order valence-electron chi connectivity index (χ2n) is 18.1. The van der Waals surface area contributed by atoms with Crippen LogP contribution in [0.5, 0.6) is 0 Å². The van der Waals surface area contributed by atoms with E-state index in [0.717, 1.165) is 51.4 Å². The molecule has 0 saturated heterocycles. The minimum atomic E-state index is -1.51. The molecule has 0 rings (SSSR count). The zero-order chi connectivity index (χ0) is 43.5. The standard InChI is InChI=1S/C50H95NO8/c1-6-8-10-12-14-16-18-20-22-23-24-25-26-27-29-30-32-34-36-38-40-47(52)57-44-46(45-58-50(49(54)55)56-43-42-51(3,4)5)59-48(53)41-39-37-35-33-31-28-21-19-17-15-13-11-9-7-2/h19,21,46,50H,6-18,20,22-45H2,1-5H3/p+1/b21-19-. The van der Waals surface area contributed by atoms with Crippen molar-refractivity contribution in [1.82, 2.24) is 0 Å². The maximum absolute atomic E-state index is 12.8. The number of carbonyl (C=O) groups is 3. The first-order chi connectivity index (χ1) is 28.6. The van der Waals surface area contributed by atoms with Crippen molar-refractivity contribution < 1.29 is 42.9 Å². The predicted octanol–water partition coefficient (Wildman–Crippen LogP) is 13.5. The number of quaternary nitrogens is 1. The van der Waals surface area contributed by atoms with Crippen LogP contribution in [0, 0.1) is 0 Å². The highest BCUT2D eigenvalue weighted by Crippen LogP contribution is 2.16. The van der Waals surface area contributed by atoms with Gasteiger partial charge in [0.2, 0.25) is 0 Å². The average Bonchev–Trinajstić information content (AvgIpc) is 3.19. The summed E-state index contributed by atoms with van der Waals surface area (Å²) in [5.41, 5.74) is 0. The first kappa shape index (κ1) is 57.0. The number of esters is 2. The van der Waals surface area contributed by atoms with Crippen LogP contribution < -0.4 is 0 Å². The van der Waals surface area contributed by atoms with E-state index in [2.05, 4.69) is 26.0 Å². The third-order valence-electron chi connectivity index (χ3n) is 11.0. The van der Waals surface area contributed by atoms with Gasteiger partial charge >= 0.3 is 17.9 Å². The van der Waals surface area contributed by atoms with E-state index in [4.69, 9.17) is 18.9 Å². The van der Waals surface area contributed by atoms with Gasteiger partial charge in [-0.15, -0.1) is 0 Å². The number of carboxylic acid groups (broad SMARTS) is 1. The molecule has 0 aliphatic heterocycles. The first-order valence-electron chi connectivity index (χ1n) is 24.9. The summed E-state index contributed by atoms with van der Waals surface area (Å²) < 4.78 is 22.8. The van der Waals surface area contributed by atoms with Crippen molar-refractivity contribution in [3.8, 4) is 0 Å². The van der Waals surface area contributed by atoms with Crippen molar-refractivity contribution in [1.29, 1.82) is 0 Å². The molecule has 0 aliphatic rings. The molecule has 0 radical (unpaired) electrons. The van der Waals surface area contributed by atoms with Crippen LogP contribution in [0.2, 0.25) is 0 Å². The molecule has 59 heavy (non-hydrogen) atoms. The van der Waals surface area contributed by atoms with E-state index in [1.165, 1.54) is 148 Å². The van der Waals surface area contributed by atoms with Crippen LogP contribution in [0.1, 0.15) is 232 Å². The number of rotatable bonds is 46. The molecule has 0 amide bonds. The quantitative estimate of drug-likeness (QED) is 0.0212. The number of carboxylic acids is 1. The molecule has 0 bridgehead atoms. The fourth-order valence-corrected chi connectivity index (χ4v) is 7.13. The van der Waals surface area contributed by atoms with Crippen LogP contribution in [-0.4, -0.2) is 87.4 Å². The lowest BCUT2D eigenvalue weighted by Crippen LogP contribution is -2.40. The van der Waals surface area contributed by atoms with Gasteiger partial charge in [-0.25, -0.2) is 4.79 Å². The Labute approximate surface area is 364 Å². The highest BCUT2D eigenvalue weighted by Gasteiger charge is 2.25. The topological polar surface area (TPSA) is 108 Å². The van der Waals surface area contributed by atoms with Gasteiger partial charge in [0.05, 0.1) is 34.4 Å². The van der Waals surface area contributed by atoms with Gasteiger partial charge in [0.1, 0.15) is 13.2 Å². The van der Waals surface area contributed by atoms with Crippen LogP contribution in [-0.2, 0) is 33.3 Å². The van der Waals surface area contributed by atoms with Gasteiger partial charge in [-0.2, -0.15) is 0 Å². The summed E-state index contributed by atoms with van der Waals surface area (Å²) in [5, 5.41) is 9.65. The van der Waals surface area contributed by atoms with Crippen LogP contribution in [0.25, 0.3) is 0 Å². The second-order valence-corrected chi connectivity index (χ2v) is 18.1. The Bertz CT molecular complexity index is 980. The number of allylic oxidation sites excluding steroid dienone is 2. The van der Waals surface area contributed by atoms with Gasteiger partial charge in [0.25, 0.3) is 6.29 Å². The molecule has 0 aromatic carbocycles. The molecule has 0 aromatic heterocycles. The molecular formula is C50H96NO8+. The molecular weight excluding hydrogens is 743 g/mol. The summed E-state index contributed by atoms with van der Waals surface area (Å²) in [7, 11) is 5.96. The minimum absolute atomic E-state index is 0.179. The van der Waals surface area contributed by atoms with Crippen LogP contribution in [0.4, 0.5) is 0 Å². The van der Waals surface area contributed by atoms with Crippen molar-refractivity contribution in [3.63, 3.8) is 0 Å². The highest BCUT2D eigenvalue weighted by atomic mass is 16.7. The second kappa shape index (κ2) is 42.7. The van der Waals surface area contributed by atoms with Crippen molar-refractivity contribution in [3.05, 3.63) is 12.2 Å². The van der Waals surface area contributed by atoms with Crippen molar-refractivity contribution in [2.75, 3.05) is 47.5 Å². The third-order valence-corrected chi connectivity index (χ3v) is 11.0. The van der Waals surface area contributed by atoms with Gasteiger partial charge in [-0.1, -0.05) is 193 Å². The summed E-state index contributed by atoms with van der Waals surface area (Å²) in [5.74, 6) is -2.00. The first-order valence-corrected chi connectivity index (χ1v) is 24.9. The number of hydrogen-bond donors (Lipinski definition) is 1. The van der Waals surface area contributed by atoms with E-state index >= 15 is 0 Å². The molecule has 1 N–H and O–H groups in total. The maximum Gasteiger partial charge on any atom is 0.361 e. The molecule has 348 valence electrons. The zero-order valence-corrected chi connectivity index (χ0v) is 39.4. The Morgan fingerprint density at radius 2 is 0.864 bits per heavy atom. The molecule has 0 saturated carbocycles. The molecule has 2 atom stereocenters. The van der Waals surface area contributed by atoms with E-state index < -0.39 is 24.3 Å². The smallest absolute Gasteiger partial charge is 0.361 e. The Kier molecular flexibility index (Phi) is 41.3. The van der Waals surface area contributed by atoms with Gasteiger partial charge in [0.15, 0.2) is 6.10 Å². The monoisotopic (exact) mass is 839 g/mol. The third kappa shape index (κ3) is 43.9. The van der Waals surface area contributed by atoms with Gasteiger partial charge in [-0.3, -0.25) is 9.59 Å². The van der Waals surface area contributed by atoms with E-state index in [-0.39, 0.29) is 32.2 Å². The minimum Gasteiger partial charge on any atom is -0.477 e. The predicted molar refractivity (Wildman–Crippen MR) is 245 cm³/mol. The number of carbonyl (C=O) groups excluding carboxylic acids is 2. The van der Waals surface area contributed by atoms with Gasteiger partial charge in [-0.05, 0) is 38.5 Å². The number of hydrogen-bond acceptors (Lipinski definition) is 7. The Morgan fingerprint density at radius 3 is 1.25 bits per heavy atom. The van der Waals surface area contributed by atoms with Crippen molar-refractivity contribution >= 4 is 17.9 Å². The number of aliphatic carboxylic acids is 1. The Morgan fingerprint density at radius 1 is 0.492 bits per heavy atom. The normalized spacial score (nSPS) is 12.9. The maximum atomic E-state index is 12.8. The summed E-state index contributed by atoms with van der Waals surface area (Å²) in [4.78, 5) is 37.2. The number of likely N-dealkylation sites (N-methyl/N-ethyl adjacent to an activating group) is 1. The lowest BCUT2D eigenvalue weighted by molar-refractivity contribution is -0.870. The van der Waals surface area contributed by atoms with Crippen LogP contribution >= 0.6 is 0 Å². The highest BCUT2D eigenvalue weighted by molar-refractivity contribution is 5.71. The van der Waals surface area contributed by atoms with Crippen molar-refractivity contribution in [2.45, 2.75) is 245 Å². The summed E-state index contributed by atoms with van der Waals surface area (Å²) in [6.45, 7) is 4.89. The van der Waals surface area contributed by atoms with Gasteiger partial charge in [0, 0.05) is 12.8 Å². The van der Waals surface area contributed by atoms with E-state index in [1.54, 1.807) is 0 Å². The summed E-state index contributed by atoms with van der Waals surface area (Å²) in [6.07, 6.45) is 42.7. The van der Waals surface area contributed by atoms with E-state index in [1.807, 2.05) is 21.1 Å². The summed E-state index contributed by atoms with van der Waals surface area (Å²) >= 11 is 0. The molecule has 2 unspecified atom stereocenters. The summed E-state index contributed by atoms with van der Waals surface area (Å²) in [6, 6.07) is 0. The molecule has 0 aliphatic carbocycles. The Balaban J connectivity index is 4.30. The Hall–Kier alpha value is -1.97. The fourth-order valence-electron chi connectivity index (χ4n) is 7.13. The molecule has 9 heteroatoms. The average molecular weight is 839 g/mol. The fraction of sp³-hybridized carbons (Fsp3) is 0.900. The number of ether oxygens (including phenoxy) is 4. The zero-order valence-electron chi connectivity index (χ0n) is 39.4. The molecule has 0 spiro atoms. The molecule has 0 heterocycles. The lowest BCUT2D eigenvalue weighted by atomic mass is 10.0. The van der Waals surface area contributed by atoms with Crippen molar-refractivity contribution in [2.24, 2.45) is 0 Å². The molecule has 9 nitrogen and oxygen atoms in total. The van der Waals surface area contributed by atoms with E-state index in [0.29, 0.717) is 23.9 Å². The number of unbranched alkanes of at least 4 members (excludes halogenated alkanes) is 29. The van der Waals surface area contributed by atoms with Crippen LogP contribution in [0.15, 0.2) is 12.2 Å². The van der Waals surface area contributed by atoms with Crippen LogP contribution in [0.3, 0.4) is 0 Å². The SMILES string of the molecule is CCCCCCC/C=C\CCCCCCCC(=O)OC(COC(=O)CCCCCCCCCCCCCCCCCCCCCC)COC(OCC[N+](C)(C)C)C(=O)O. The molecule has 0 fully saturated rings. The van der Waals surface area contributed by atoms with E-state index in [9.17, 15) is 19.5 Å². The molecule has 0 aromatic rings. The number of nitrogens with zero attached hydrogens (tertiary/aromatic N) is 1. The largest absolute Gasteiger partial charge is 0.477 e.